The van der Waals surface area contributed by atoms with Crippen LogP contribution >= 0.6 is 0 Å². The van der Waals surface area contributed by atoms with Gasteiger partial charge < -0.3 is 15.7 Å². The largest absolute Gasteiger partial charge is 0.480 e. The number of nitrogens with one attached hydrogen (secondary N) is 2. The molecule has 0 saturated heterocycles. The highest BCUT2D eigenvalue weighted by atomic mass is 19.1. The molecule has 0 aliphatic rings. The van der Waals surface area contributed by atoms with E-state index in [-0.39, 0.29) is 30.4 Å². The van der Waals surface area contributed by atoms with Crippen molar-refractivity contribution in [3.63, 3.8) is 0 Å². The number of carboxylic acids is 1. The fourth-order valence-corrected chi connectivity index (χ4v) is 2.37. The lowest BCUT2D eigenvalue weighted by molar-refractivity contribution is -0.142. The highest BCUT2D eigenvalue weighted by Gasteiger charge is 2.21. The fourth-order valence-electron chi connectivity index (χ4n) is 2.37. The van der Waals surface area contributed by atoms with E-state index in [1.807, 2.05) is 13.8 Å². The topological polar surface area (TPSA) is 113 Å². The minimum absolute atomic E-state index is 0.0732. The number of carbonyl (C=O) groups is 3. The van der Waals surface area contributed by atoms with Crippen LogP contribution in [0.5, 0.6) is 0 Å². The molecular formula is C18H21FN4O4. The standard InChI is InChI=1S/C18H21FN4O4/c1-11(2)9-15(18(26)27)21-16(24)10-20-17(25)14-7-8-23(22-14)13-5-3-12(19)4-6-13/h3-8,11,15H,9-10H2,1-2H3,(H,20,25)(H,21,24)(H,26,27)/t15-/m0/s1. The monoisotopic (exact) mass is 376 g/mol. The molecule has 1 aromatic carbocycles. The first-order valence-corrected chi connectivity index (χ1v) is 8.38. The van der Waals surface area contributed by atoms with E-state index in [0.717, 1.165) is 0 Å². The molecule has 2 aromatic rings. The van der Waals surface area contributed by atoms with Gasteiger partial charge in [0.1, 0.15) is 11.9 Å². The molecule has 0 aliphatic heterocycles. The Morgan fingerprint density at radius 3 is 2.44 bits per heavy atom. The summed E-state index contributed by atoms with van der Waals surface area (Å²) in [4.78, 5) is 35.1. The molecule has 27 heavy (non-hydrogen) atoms. The third-order valence-electron chi connectivity index (χ3n) is 3.66. The van der Waals surface area contributed by atoms with Gasteiger partial charge in [-0.15, -0.1) is 0 Å². The van der Waals surface area contributed by atoms with Crippen molar-refractivity contribution in [2.45, 2.75) is 26.3 Å². The number of halogens is 1. The fraction of sp³-hybridized carbons (Fsp3) is 0.333. The Bertz CT molecular complexity index is 817. The quantitative estimate of drug-likeness (QED) is 0.644. The summed E-state index contributed by atoms with van der Waals surface area (Å²) in [6, 6.07) is 6.02. The summed E-state index contributed by atoms with van der Waals surface area (Å²) >= 11 is 0. The van der Waals surface area contributed by atoms with E-state index >= 15 is 0 Å². The normalized spacial score (nSPS) is 11.9. The van der Waals surface area contributed by atoms with Crippen LogP contribution in [0.25, 0.3) is 5.69 Å². The van der Waals surface area contributed by atoms with Crippen molar-refractivity contribution >= 4 is 17.8 Å². The summed E-state index contributed by atoms with van der Waals surface area (Å²) in [5.41, 5.74) is 0.648. The number of nitrogens with zero attached hydrogens (tertiary/aromatic N) is 2. The lowest BCUT2D eigenvalue weighted by atomic mass is 10.0. The molecule has 8 nitrogen and oxygen atoms in total. The number of hydrogen-bond donors (Lipinski definition) is 3. The Morgan fingerprint density at radius 2 is 1.85 bits per heavy atom. The van der Waals surface area contributed by atoms with Gasteiger partial charge in [0.25, 0.3) is 5.91 Å². The molecule has 0 radical (unpaired) electrons. The molecule has 144 valence electrons. The molecule has 0 bridgehead atoms. The van der Waals surface area contributed by atoms with Crippen LogP contribution in [0.2, 0.25) is 0 Å². The van der Waals surface area contributed by atoms with E-state index in [4.69, 9.17) is 5.11 Å². The maximum absolute atomic E-state index is 13.0. The Hall–Kier alpha value is -3.23. The Kier molecular flexibility index (Phi) is 6.64. The van der Waals surface area contributed by atoms with E-state index in [1.165, 1.54) is 41.2 Å². The number of carbonyl (C=O) groups excluding carboxylic acids is 2. The van der Waals surface area contributed by atoms with Crippen molar-refractivity contribution in [1.82, 2.24) is 20.4 Å². The van der Waals surface area contributed by atoms with Gasteiger partial charge >= 0.3 is 5.97 Å². The predicted octanol–water partition coefficient (Wildman–Crippen LogP) is 1.36. The summed E-state index contributed by atoms with van der Waals surface area (Å²) in [5, 5.41) is 18.0. The first-order valence-electron chi connectivity index (χ1n) is 8.38. The molecular weight excluding hydrogens is 355 g/mol. The first kappa shape index (κ1) is 20.1. The molecule has 1 aromatic heterocycles. The maximum atomic E-state index is 13.0. The highest BCUT2D eigenvalue weighted by Crippen LogP contribution is 2.09. The van der Waals surface area contributed by atoms with Gasteiger partial charge in [-0.3, -0.25) is 9.59 Å². The van der Waals surface area contributed by atoms with Crippen LogP contribution in [0.1, 0.15) is 30.8 Å². The van der Waals surface area contributed by atoms with Crippen LogP contribution in [-0.4, -0.2) is 45.3 Å². The summed E-state index contributed by atoms with van der Waals surface area (Å²) < 4.78 is 14.4. The molecule has 1 atom stereocenters. The number of rotatable bonds is 8. The molecule has 0 saturated carbocycles. The van der Waals surface area contributed by atoms with Crippen molar-refractivity contribution in [2.24, 2.45) is 5.92 Å². The van der Waals surface area contributed by atoms with Crippen LogP contribution in [0.3, 0.4) is 0 Å². The minimum atomic E-state index is -1.12. The maximum Gasteiger partial charge on any atom is 0.326 e. The van der Waals surface area contributed by atoms with Crippen LogP contribution in [0.4, 0.5) is 4.39 Å². The summed E-state index contributed by atoms with van der Waals surface area (Å²) in [6.45, 7) is 3.33. The van der Waals surface area contributed by atoms with Gasteiger partial charge in [-0.2, -0.15) is 5.10 Å². The van der Waals surface area contributed by atoms with E-state index in [9.17, 15) is 18.8 Å². The molecule has 0 spiro atoms. The van der Waals surface area contributed by atoms with Gasteiger partial charge in [0, 0.05) is 6.20 Å². The van der Waals surface area contributed by atoms with Crippen molar-refractivity contribution in [2.75, 3.05) is 6.54 Å². The van der Waals surface area contributed by atoms with Crippen LogP contribution < -0.4 is 10.6 Å². The van der Waals surface area contributed by atoms with E-state index < -0.39 is 23.8 Å². The Morgan fingerprint density at radius 1 is 1.19 bits per heavy atom. The number of carboxylic acid groups (broad SMARTS) is 1. The van der Waals surface area contributed by atoms with Crippen LogP contribution in [0, 0.1) is 11.7 Å². The minimum Gasteiger partial charge on any atom is -0.480 e. The molecule has 0 aliphatic carbocycles. The number of amides is 2. The molecule has 3 N–H and O–H groups in total. The van der Waals surface area contributed by atoms with Gasteiger partial charge in [0.15, 0.2) is 5.69 Å². The summed E-state index contributed by atoms with van der Waals surface area (Å²) in [7, 11) is 0. The molecule has 0 unspecified atom stereocenters. The van der Waals surface area contributed by atoms with Gasteiger partial charge in [-0.05, 0) is 42.7 Å². The Balaban J connectivity index is 1.91. The second kappa shape index (κ2) is 8.93. The SMILES string of the molecule is CC(C)C[C@H](NC(=O)CNC(=O)c1ccn(-c2ccc(F)cc2)n1)C(=O)O. The van der Waals surface area contributed by atoms with Gasteiger partial charge in [-0.1, -0.05) is 13.8 Å². The number of aliphatic carboxylic acids is 1. The Labute approximate surface area is 155 Å². The third kappa shape index (κ3) is 5.91. The van der Waals surface area contributed by atoms with Crippen molar-refractivity contribution in [3.05, 3.63) is 48.0 Å². The van der Waals surface area contributed by atoms with E-state index in [1.54, 1.807) is 0 Å². The molecule has 0 fully saturated rings. The number of aromatic nitrogens is 2. The molecule has 9 heteroatoms. The number of hydrogen-bond acceptors (Lipinski definition) is 4. The van der Waals surface area contributed by atoms with Crippen molar-refractivity contribution in [1.29, 1.82) is 0 Å². The zero-order chi connectivity index (χ0) is 20.0. The zero-order valence-electron chi connectivity index (χ0n) is 15.0. The van der Waals surface area contributed by atoms with E-state index in [0.29, 0.717) is 5.69 Å². The average molecular weight is 376 g/mol. The van der Waals surface area contributed by atoms with Crippen molar-refractivity contribution in [3.8, 4) is 5.69 Å². The highest BCUT2D eigenvalue weighted by molar-refractivity contribution is 5.95. The van der Waals surface area contributed by atoms with E-state index in [2.05, 4.69) is 15.7 Å². The first-order chi connectivity index (χ1) is 12.8. The lowest BCUT2D eigenvalue weighted by Gasteiger charge is -2.16. The van der Waals surface area contributed by atoms with Crippen LogP contribution in [0.15, 0.2) is 36.5 Å². The van der Waals surface area contributed by atoms with Gasteiger partial charge in [-0.25, -0.2) is 13.9 Å². The summed E-state index contributed by atoms with van der Waals surface area (Å²) in [6.07, 6.45) is 1.82. The third-order valence-corrected chi connectivity index (χ3v) is 3.66. The number of benzene rings is 1. The average Bonchev–Trinajstić information content (AvgIpc) is 3.09. The lowest BCUT2D eigenvalue weighted by Crippen LogP contribution is -2.46. The molecule has 1 heterocycles. The van der Waals surface area contributed by atoms with Crippen LogP contribution in [-0.2, 0) is 9.59 Å². The second-order valence-corrected chi connectivity index (χ2v) is 6.39. The predicted molar refractivity (Wildman–Crippen MR) is 94.9 cm³/mol. The smallest absolute Gasteiger partial charge is 0.326 e. The zero-order valence-corrected chi connectivity index (χ0v) is 15.0. The second-order valence-electron chi connectivity index (χ2n) is 6.39. The van der Waals surface area contributed by atoms with Crippen molar-refractivity contribution < 1.29 is 23.9 Å². The molecule has 2 amide bonds. The van der Waals surface area contributed by atoms with Gasteiger partial charge in [0.2, 0.25) is 5.91 Å². The summed E-state index contributed by atoms with van der Waals surface area (Å²) in [5.74, 6) is -2.60. The molecule has 2 rings (SSSR count). The van der Waals surface area contributed by atoms with Gasteiger partial charge in [0.05, 0.1) is 12.2 Å².